The minimum absolute atomic E-state index is 0.0571. The van der Waals surface area contributed by atoms with Gasteiger partial charge in [-0.2, -0.15) is 0 Å². The molecule has 0 saturated heterocycles. The monoisotopic (exact) mass is 270 g/mol. The Labute approximate surface area is 115 Å². The molecular weight excluding hydrogens is 244 g/mol. The fourth-order valence-electron chi connectivity index (χ4n) is 2.22. The highest BCUT2D eigenvalue weighted by molar-refractivity contribution is 5.81. The first-order valence-corrected chi connectivity index (χ1v) is 7.11. The number of amides is 1. The number of hydrogen-bond donors (Lipinski definition) is 3. The van der Waals surface area contributed by atoms with Crippen molar-refractivity contribution in [1.82, 2.24) is 10.6 Å². The van der Waals surface area contributed by atoms with E-state index in [2.05, 4.69) is 10.6 Å². The number of carboxylic acids is 1. The Bertz CT molecular complexity index is 321. The van der Waals surface area contributed by atoms with Gasteiger partial charge in [-0.1, -0.05) is 20.8 Å². The van der Waals surface area contributed by atoms with Crippen molar-refractivity contribution in [3.05, 3.63) is 0 Å². The van der Waals surface area contributed by atoms with Crippen molar-refractivity contribution in [3.63, 3.8) is 0 Å². The van der Waals surface area contributed by atoms with Gasteiger partial charge in [0.05, 0.1) is 12.6 Å². The van der Waals surface area contributed by atoms with Gasteiger partial charge in [0, 0.05) is 11.5 Å². The number of carbonyl (C=O) groups excluding carboxylic acids is 1. The second-order valence-electron chi connectivity index (χ2n) is 6.01. The lowest BCUT2D eigenvalue weighted by Crippen LogP contribution is -2.45. The molecule has 1 fully saturated rings. The number of carbonyl (C=O) groups is 2. The van der Waals surface area contributed by atoms with E-state index < -0.39 is 5.97 Å². The summed E-state index contributed by atoms with van der Waals surface area (Å²) < 4.78 is 0. The topological polar surface area (TPSA) is 78.4 Å². The van der Waals surface area contributed by atoms with Gasteiger partial charge >= 0.3 is 5.97 Å². The van der Waals surface area contributed by atoms with Crippen molar-refractivity contribution < 1.29 is 14.7 Å². The molecule has 5 heteroatoms. The van der Waals surface area contributed by atoms with Crippen LogP contribution >= 0.6 is 0 Å². The van der Waals surface area contributed by atoms with Crippen molar-refractivity contribution in [2.45, 2.75) is 58.9 Å². The van der Waals surface area contributed by atoms with Crippen LogP contribution in [0.4, 0.5) is 0 Å². The van der Waals surface area contributed by atoms with Crippen LogP contribution in [0.2, 0.25) is 0 Å². The van der Waals surface area contributed by atoms with E-state index in [-0.39, 0.29) is 17.2 Å². The molecule has 0 atom stereocenters. The molecule has 3 N–H and O–H groups in total. The van der Waals surface area contributed by atoms with Crippen LogP contribution in [0.1, 0.15) is 52.9 Å². The quantitative estimate of drug-likeness (QED) is 0.642. The Morgan fingerprint density at radius 2 is 1.79 bits per heavy atom. The Morgan fingerprint density at radius 3 is 2.26 bits per heavy atom. The highest BCUT2D eigenvalue weighted by Gasteiger charge is 2.27. The van der Waals surface area contributed by atoms with E-state index in [1.54, 1.807) is 0 Å². The van der Waals surface area contributed by atoms with Crippen LogP contribution < -0.4 is 10.6 Å². The first-order chi connectivity index (χ1) is 8.86. The third kappa shape index (κ3) is 4.82. The molecule has 1 aliphatic rings. The van der Waals surface area contributed by atoms with Gasteiger partial charge in [0.2, 0.25) is 5.91 Å². The molecule has 0 aromatic heterocycles. The standard InChI is InChI=1S/C14H26N2O3/c1-4-14(2,3)13(19)16-9-15-11-7-5-10(6-8-11)12(17)18/h10-11,15H,4-9H2,1-3H3,(H,16,19)(H,17,18). The maximum atomic E-state index is 11.9. The maximum absolute atomic E-state index is 11.9. The summed E-state index contributed by atoms with van der Waals surface area (Å²) in [6.45, 7) is 6.33. The largest absolute Gasteiger partial charge is 0.481 e. The van der Waals surface area contributed by atoms with Crippen LogP contribution in [0.3, 0.4) is 0 Å². The highest BCUT2D eigenvalue weighted by atomic mass is 16.4. The van der Waals surface area contributed by atoms with E-state index in [1.165, 1.54) is 0 Å². The highest BCUT2D eigenvalue weighted by Crippen LogP contribution is 2.24. The SMILES string of the molecule is CCC(C)(C)C(=O)NCNC1CCC(C(=O)O)CC1. The lowest BCUT2D eigenvalue weighted by molar-refractivity contribution is -0.142. The predicted octanol–water partition coefficient (Wildman–Crippen LogP) is 1.73. The molecule has 0 spiro atoms. The van der Waals surface area contributed by atoms with Crippen molar-refractivity contribution in [1.29, 1.82) is 0 Å². The Balaban J connectivity index is 2.21. The second-order valence-corrected chi connectivity index (χ2v) is 6.01. The molecule has 0 unspecified atom stereocenters. The summed E-state index contributed by atoms with van der Waals surface area (Å²) >= 11 is 0. The van der Waals surface area contributed by atoms with E-state index >= 15 is 0 Å². The zero-order chi connectivity index (χ0) is 14.5. The van der Waals surface area contributed by atoms with Gasteiger partial charge in [-0.15, -0.1) is 0 Å². The van der Waals surface area contributed by atoms with E-state index in [9.17, 15) is 9.59 Å². The summed E-state index contributed by atoms with van der Waals surface area (Å²) in [4.78, 5) is 22.7. The summed E-state index contributed by atoms with van der Waals surface area (Å²) in [5.41, 5.74) is -0.331. The van der Waals surface area contributed by atoms with Gasteiger partial charge in [-0.05, 0) is 32.1 Å². The Kier molecular flexibility index (Phi) is 5.79. The van der Waals surface area contributed by atoms with Crippen molar-refractivity contribution in [2.75, 3.05) is 6.67 Å². The summed E-state index contributed by atoms with van der Waals surface area (Å²) in [6.07, 6.45) is 3.99. The second kappa shape index (κ2) is 6.89. The van der Waals surface area contributed by atoms with E-state index in [1.807, 2.05) is 20.8 Å². The summed E-state index contributed by atoms with van der Waals surface area (Å²) in [5, 5.41) is 15.1. The normalized spacial score (nSPS) is 23.9. The van der Waals surface area contributed by atoms with E-state index in [4.69, 9.17) is 5.11 Å². The third-order valence-corrected chi connectivity index (χ3v) is 4.21. The molecule has 110 valence electrons. The van der Waals surface area contributed by atoms with Gasteiger partial charge < -0.3 is 10.4 Å². The smallest absolute Gasteiger partial charge is 0.306 e. The number of rotatable bonds is 6. The first kappa shape index (κ1) is 16.0. The van der Waals surface area contributed by atoms with Gasteiger partial charge in [0.15, 0.2) is 0 Å². The van der Waals surface area contributed by atoms with Crippen LogP contribution in [-0.4, -0.2) is 29.7 Å². The summed E-state index contributed by atoms with van der Waals surface area (Å²) in [5.74, 6) is -0.815. The molecular formula is C14H26N2O3. The zero-order valence-electron chi connectivity index (χ0n) is 12.2. The van der Waals surface area contributed by atoms with Gasteiger partial charge in [-0.3, -0.25) is 14.9 Å². The number of nitrogens with one attached hydrogen (secondary N) is 2. The van der Waals surface area contributed by atoms with E-state index in [0.29, 0.717) is 12.7 Å². The lowest BCUT2D eigenvalue weighted by atomic mass is 9.86. The fraction of sp³-hybridized carbons (Fsp3) is 0.857. The number of aliphatic carboxylic acids is 1. The molecule has 5 nitrogen and oxygen atoms in total. The van der Waals surface area contributed by atoms with Crippen molar-refractivity contribution in [3.8, 4) is 0 Å². The Morgan fingerprint density at radius 1 is 1.21 bits per heavy atom. The number of carboxylic acid groups (broad SMARTS) is 1. The molecule has 0 bridgehead atoms. The molecule has 1 rings (SSSR count). The fourth-order valence-corrected chi connectivity index (χ4v) is 2.22. The van der Waals surface area contributed by atoms with Crippen molar-refractivity contribution >= 4 is 11.9 Å². The van der Waals surface area contributed by atoms with Gasteiger partial charge in [0.1, 0.15) is 0 Å². The molecule has 0 aromatic rings. The number of hydrogen-bond acceptors (Lipinski definition) is 3. The molecule has 19 heavy (non-hydrogen) atoms. The van der Waals surface area contributed by atoms with Crippen LogP contribution in [0, 0.1) is 11.3 Å². The van der Waals surface area contributed by atoms with Gasteiger partial charge in [-0.25, -0.2) is 0 Å². The minimum atomic E-state index is -0.684. The molecule has 1 amide bonds. The summed E-state index contributed by atoms with van der Waals surface area (Å²) in [6, 6.07) is 0.320. The average molecular weight is 270 g/mol. The van der Waals surface area contributed by atoms with Crippen LogP contribution in [0.25, 0.3) is 0 Å². The predicted molar refractivity (Wildman–Crippen MR) is 73.6 cm³/mol. The Hall–Kier alpha value is -1.10. The maximum Gasteiger partial charge on any atom is 0.306 e. The van der Waals surface area contributed by atoms with Crippen LogP contribution in [-0.2, 0) is 9.59 Å². The van der Waals surface area contributed by atoms with Crippen LogP contribution in [0.5, 0.6) is 0 Å². The first-order valence-electron chi connectivity index (χ1n) is 7.11. The molecule has 0 aromatic carbocycles. The van der Waals surface area contributed by atoms with Crippen molar-refractivity contribution in [2.24, 2.45) is 11.3 Å². The molecule has 1 saturated carbocycles. The lowest BCUT2D eigenvalue weighted by Gasteiger charge is -2.28. The molecule has 0 radical (unpaired) electrons. The summed E-state index contributed by atoms with van der Waals surface area (Å²) in [7, 11) is 0. The van der Waals surface area contributed by atoms with Gasteiger partial charge in [0.25, 0.3) is 0 Å². The molecule has 0 heterocycles. The third-order valence-electron chi connectivity index (χ3n) is 4.21. The van der Waals surface area contributed by atoms with E-state index in [0.717, 1.165) is 32.1 Å². The molecule has 1 aliphatic carbocycles. The molecule has 0 aliphatic heterocycles. The zero-order valence-corrected chi connectivity index (χ0v) is 12.2. The van der Waals surface area contributed by atoms with Crippen LogP contribution in [0.15, 0.2) is 0 Å². The average Bonchev–Trinajstić information content (AvgIpc) is 2.39. The minimum Gasteiger partial charge on any atom is -0.481 e.